The van der Waals surface area contributed by atoms with E-state index in [1.807, 2.05) is 26.0 Å². The predicted octanol–water partition coefficient (Wildman–Crippen LogP) is 4.08. The van der Waals surface area contributed by atoms with E-state index in [0.29, 0.717) is 11.1 Å². The number of hydrogen-bond acceptors (Lipinski definition) is 2. The topological polar surface area (TPSA) is 24.9 Å². The molecule has 4 heteroatoms. The Bertz CT molecular complexity index is 585. The Kier molecular flexibility index (Phi) is 4.45. The summed E-state index contributed by atoms with van der Waals surface area (Å²) in [7, 11) is 0. The molecule has 0 bridgehead atoms. The number of halogens is 2. The van der Waals surface area contributed by atoms with Crippen molar-refractivity contribution >= 4 is 0 Å². The van der Waals surface area contributed by atoms with Gasteiger partial charge in [-0.25, -0.2) is 8.78 Å². The van der Waals surface area contributed by atoms with E-state index in [2.05, 4.69) is 10.3 Å². The summed E-state index contributed by atoms with van der Waals surface area (Å²) in [6.07, 6.45) is 3.43. The summed E-state index contributed by atoms with van der Waals surface area (Å²) in [5.41, 5.74) is 1.72. The summed E-state index contributed by atoms with van der Waals surface area (Å²) in [6, 6.07) is 6.04. The number of benzene rings is 1. The number of pyridine rings is 1. The minimum absolute atomic E-state index is 0.0248. The Labute approximate surface area is 117 Å². The van der Waals surface area contributed by atoms with E-state index in [4.69, 9.17) is 0 Å². The molecule has 0 radical (unpaired) electrons. The summed E-state index contributed by atoms with van der Waals surface area (Å²) in [6.45, 7) is 5.36. The smallest absolute Gasteiger partial charge is 0.128 e. The Morgan fingerprint density at radius 1 is 1.00 bits per heavy atom. The molecule has 1 heterocycles. The molecule has 0 amide bonds. The molecule has 2 atom stereocenters. The molecule has 2 unspecified atom stereocenters. The summed E-state index contributed by atoms with van der Waals surface area (Å²) < 4.78 is 27.5. The Morgan fingerprint density at radius 2 is 1.65 bits per heavy atom. The van der Waals surface area contributed by atoms with Crippen LogP contribution in [0.4, 0.5) is 8.78 Å². The first-order valence-corrected chi connectivity index (χ1v) is 6.60. The maximum absolute atomic E-state index is 13.9. The predicted molar refractivity (Wildman–Crippen MR) is 75.3 cm³/mol. The maximum atomic E-state index is 13.9. The second-order valence-electron chi connectivity index (χ2n) is 5.01. The van der Waals surface area contributed by atoms with Gasteiger partial charge in [-0.1, -0.05) is 0 Å². The molecular formula is C16H18F2N2. The van der Waals surface area contributed by atoms with Crippen molar-refractivity contribution in [1.82, 2.24) is 10.3 Å². The van der Waals surface area contributed by atoms with Gasteiger partial charge in [0.1, 0.15) is 11.6 Å². The highest BCUT2D eigenvalue weighted by Gasteiger charge is 2.16. The molecule has 1 N–H and O–H groups in total. The maximum Gasteiger partial charge on any atom is 0.128 e. The fraction of sp³-hybridized carbons (Fsp3) is 0.312. The monoisotopic (exact) mass is 276 g/mol. The molecule has 2 rings (SSSR count). The minimum atomic E-state index is -0.383. The first kappa shape index (κ1) is 14.6. The zero-order chi connectivity index (χ0) is 14.7. The van der Waals surface area contributed by atoms with Crippen LogP contribution >= 0.6 is 0 Å². The fourth-order valence-electron chi connectivity index (χ4n) is 2.21. The van der Waals surface area contributed by atoms with Gasteiger partial charge in [0.25, 0.3) is 0 Å². The third kappa shape index (κ3) is 3.20. The molecule has 0 saturated heterocycles. The van der Waals surface area contributed by atoms with E-state index < -0.39 is 0 Å². The van der Waals surface area contributed by atoms with Crippen molar-refractivity contribution in [3.63, 3.8) is 0 Å². The van der Waals surface area contributed by atoms with Crippen LogP contribution < -0.4 is 5.32 Å². The van der Waals surface area contributed by atoms with Crippen molar-refractivity contribution in [3.05, 3.63) is 65.0 Å². The number of aromatic nitrogens is 1. The second-order valence-corrected chi connectivity index (χ2v) is 5.01. The molecule has 1 aromatic carbocycles. The zero-order valence-electron chi connectivity index (χ0n) is 11.8. The quantitative estimate of drug-likeness (QED) is 0.910. The average molecular weight is 276 g/mol. The first-order valence-electron chi connectivity index (χ1n) is 6.60. The summed E-state index contributed by atoms with van der Waals surface area (Å²) in [5, 5.41) is 3.27. The van der Waals surface area contributed by atoms with Crippen LogP contribution in [0.2, 0.25) is 0 Å². The van der Waals surface area contributed by atoms with Crippen molar-refractivity contribution in [3.8, 4) is 0 Å². The molecule has 0 aliphatic carbocycles. The van der Waals surface area contributed by atoms with E-state index in [9.17, 15) is 8.78 Å². The Hall–Kier alpha value is -1.81. The average Bonchev–Trinajstić information content (AvgIpc) is 2.43. The van der Waals surface area contributed by atoms with E-state index in [-0.39, 0.29) is 23.7 Å². The van der Waals surface area contributed by atoms with Gasteiger partial charge in [0, 0.05) is 30.0 Å². The van der Waals surface area contributed by atoms with Crippen LogP contribution in [0.15, 0.2) is 36.7 Å². The van der Waals surface area contributed by atoms with Crippen LogP contribution in [0.1, 0.15) is 42.6 Å². The Morgan fingerprint density at radius 3 is 2.30 bits per heavy atom. The lowest BCUT2D eigenvalue weighted by molar-refractivity contribution is 0.469. The summed E-state index contributed by atoms with van der Waals surface area (Å²) >= 11 is 0. The molecule has 0 saturated carbocycles. The number of nitrogens with zero attached hydrogens (tertiary/aromatic N) is 1. The van der Waals surface area contributed by atoms with Gasteiger partial charge in [-0.2, -0.15) is 0 Å². The highest BCUT2D eigenvalue weighted by molar-refractivity contribution is 5.28. The molecule has 1 aromatic heterocycles. The number of hydrogen-bond donors (Lipinski definition) is 1. The van der Waals surface area contributed by atoms with Crippen molar-refractivity contribution < 1.29 is 8.78 Å². The van der Waals surface area contributed by atoms with Crippen molar-refractivity contribution in [1.29, 1.82) is 0 Å². The van der Waals surface area contributed by atoms with Gasteiger partial charge in [0.15, 0.2) is 0 Å². The second kappa shape index (κ2) is 6.09. The summed E-state index contributed by atoms with van der Waals surface area (Å²) in [4.78, 5) is 3.96. The molecule has 2 nitrogen and oxygen atoms in total. The third-order valence-electron chi connectivity index (χ3n) is 3.45. The fourth-order valence-corrected chi connectivity index (χ4v) is 2.21. The molecule has 106 valence electrons. The first-order chi connectivity index (χ1) is 9.49. The standard InChI is InChI=1S/C16H18F2N2/c1-10-8-16(18)14(9-15(10)17)12(3)20-11(2)13-4-6-19-7-5-13/h4-9,11-12,20H,1-3H3. The van der Waals surface area contributed by atoms with Crippen molar-refractivity contribution in [2.24, 2.45) is 0 Å². The lowest BCUT2D eigenvalue weighted by Gasteiger charge is -2.21. The van der Waals surface area contributed by atoms with Gasteiger partial charge >= 0.3 is 0 Å². The van der Waals surface area contributed by atoms with E-state index in [1.165, 1.54) is 12.1 Å². The largest absolute Gasteiger partial charge is 0.304 e. The van der Waals surface area contributed by atoms with Crippen molar-refractivity contribution in [2.45, 2.75) is 32.9 Å². The van der Waals surface area contributed by atoms with Crippen molar-refractivity contribution in [2.75, 3.05) is 0 Å². The van der Waals surface area contributed by atoms with E-state index >= 15 is 0 Å². The lowest BCUT2D eigenvalue weighted by atomic mass is 10.0. The van der Waals surface area contributed by atoms with Crippen LogP contribution in [0.3, 0.4) is 0 Å². The van der Waals surface area contributed by atoms with E-state index in [0.717, 1.165) is 5.56 Å². The summed E-state index contributed by atoms with van der Waals surface area (Å²) in [5.74, 6) is -0.766. The third-order valence-corrected chi connectivity index (χ3v) is 3.45. The SMILES string of the molecule is Cc1cc(F)c(C(C)NC(C)c2ccncc2)cc1F. The highest BCUT2D eigenvalue weighted by atomic mass is 19.1. The molecule has 0 aliphatic heterocycles. The normalized spacial score (nSPS) is 14.1. The zero-order valence-corrected chi connectivity index (χ0v) is 11.8. The van der Waals surface area contributed by atoms with Crippen LogP contribution in [0, 0.1) is 18.6 Å². The molecule has 2 aromatic rings. The van der Waals surface area contributed by atoms with Gasteiger partial charge in [0.2, 0.25) is 0 Å². The minimum Gasteiger partial charge on any atom is -0.304 e. The van der Waals surface area contributed by atoms with Crippen LogP contribution in [-0.4, -0.2) is 4.98 Å². The van der Waals surface area contributed by atoms with Crippen LogP contribution in [-0.2, 0) is 0 Å². The molecule has 0 spiro atoms. The van der Waals surface area contributed by atoms with Gasteiger partial charge in [-0.15, -0.1) is 0 Å². The molecular weight excluding hydrogens is 258 g/mol. The van der Waals surface area contributed by atoms with Gasteiger partial charge in [-0.05, 0) is 56.2 Å². The Balaban J connectivity index is 2.16. The number of rotatable bonds is 4. The van der Waals surface area contributed by atoms with Crippen LogP contribution in [0.25, 0.3) is 0 Å². The highest BCUT2D eigenvalue weighted by Crippen LogP contribution is 2.23. The molecule has 0 aliphatic rings. The number of aryl methyl sites for hydroxylation is 1. The van der Waals surface area contributed by atoms with E-state index in [1.54, 1.807) is 19.3 Å². The van der Waals surface area contributed by atoms with Gasteiger partial charge < -0.3 is 5.32 Å². The molecule has 0 fully saturated rings. The van der Waals surface area contributed by atoms with Gasteiger partial charge in [-0.3, -0.25) is 4.98 Å². The van der Waals surface area contributed by atoms with Gasteiger partial charge in [0.05, 0.1) is 0 Å². The molecule has 20 heavy (non-hydrogen) atoms. The number of nitrogens with one attached hydrogen (secondary N) is 1. The lowest BCUT2D eigenvalue weighted by Crippen LogP contribution is -2.23. The van der Waals surface area contributed by atoms with Crippen LogP contribution in [0.5, 0.6) is 0 Å².